The summed E-state index contributed by atoms with van der Waals surface area (Å²) in [5.41, 5.74) is 1.30. The maximum Gasteiger partial charge on any atom is 0.131 e. The molecular weight excluding hydrogens is 221 g/mol. The van der Waals surface area contributed by atoms with Gasteiger partial charge >= 0.3 is 0 Å². The van der Waals surface area contributed by atoms with Crippen molar-refractivity contribution in [1.29, 1.82) is 0 Å². The average molecular weight is 236 g/mol. The number of rotatable bonds is 1. The first-order valence-corrected chi connectivity index (χ1v) is 4.39. The van der Waals surface area contributed by atoms with Gasteiger partial charge in [-0.3, -0.25) is 0 Å². The van der Waals surface area contributed by atoms with Gasteiger partial charge in [-0.2, -0.15) is 0 Å². The predicted octanol–water partition coefficient (Wildman–Crippen LogP) is 2.37. The number of imidazole rings is 1. The van der Waals surface area contributed by atoms with Gasteiger partial charge in [0.05, 0.1) is 0 Å². The number of hydrogen-bond donors (Lipinski definition) is 2. The fourth-order valence-electron chi connectivity index (χ4n) is 1.42. The Balaban J connectivity index is 0.000000845. The summed E-state index contributed by atoms with van der Waals surface area (Å²) in [4.78, 5) is 7.20. The fourth-order valence-corrected chi connectivity index (χ4v) is 1.42. The summed E-state index contributed by atoms with van der Waals surface area (Å²) < 4.78 is 0. The molecule has 0 saturated carbocycles. The van der Waals surface area contributed by atoms with Crippen molar-refractivity contribution in [3.8, 4) is 0 Å². The van der Waals surface area contributed by atoms with Gasteiger partial charge in [-0.15, -0.1) is 24.8 Å². The highest BCUT2D eigenvalue weighted by Gasteiger charge is 2.03. The molecular formula is C9H15Cl2N3. The summed E-state index contributed by atoms with van der Waals surface area (Å²) in [6.45, 7) is 1.10. The minimum atomic E-state index is 0. The van der Waals surface area contributed by atoms with E-state index in [0.717, 1.165) is 18.8 Å². The molecule has 0 spiro atoms. The Hall–Kier alpha value is -0.670. The SMILES string of the molecule is C(=C1CCCCN1)c1ncc[nH]1.Cl.Cl. The van der Waals surface area contributed by atoms with Crippen LogP contribution in [0.1, 0.15) is 25.1 Å². The standard InChI is InChI=1S/C9H13N3.2ClH/c1-2-4-10-8(3-1)7-9-11-5-6-12-9;;/h5-7,10H,1-4H2,(H,11,12);2*1H. The third kappa shape index (κ3) is 3.60. The van der Waals surface area contributed by atoms with Crippen molar-refractivity contribution < 1.29 is 0 Å². The van der Waals surface area contributed by atoms with E-state index >= 15 is 0 Å². The van der Waals surface area contributed by atoms with Crippen LogP contribution < -0.4 is 5.32 Å². The van der Waals surface area contributed by atoms with E-state index in [0.29, 0.717) is 0 Å². The second kappa shape index (κ2) is 6.74. The van der Waals surface area contributed by atoms with Crippen molar-refractivity contribution in [1.82, 2.24) is 15.3 Å². The Morgan fingerprint density at radius 1 is 1.29 bits per heavy atom. The Kier molecular flexibility index (Phi) is 6.41. The first-order valence-electron chi connectivity index (χ1n) is 4.39. The Bertz CT molecular complexity index is 262. The van der Waals surface area contributed by atoms with Crippen LogP contribution in [0.3, 0.4) is 0 Å². The van der Waals surface area contributed by atoms with Crippen molar-refractivity contribution in [3.63, 3.8) is 0 Å². The van der Waals surface area contributed by atoms with Crippen molar-refractivity contribution in [2.45, 2.75) is 19.3 Å². The number of allylic oxidation sites excluding steroid dienone is 1. The topological polar surface area (TPSA) is 40.7 Å². The third-order valence-electron chi connectivity index (χ3n) is 2.06. The van der Waals surface area contributed by atoms with Crippen molar-refractivity contribution >= 4 is 30.9 Å². The van der Waals surface area contributed by atoms with E-state index in [4.69, 9.17) is 0 Å². The summed E-state index contributed by atoms with van der Waals surface area (Å²) in [5.74, 6) is 0.944. The van der Waals surface area contributed by atoms with Gasteiger partial charge in [-0.1, -0.05) is 0 Å². The van der Waals surface area contributed by atoms with E-state index in [1.807, 2.05) is 6.20 Å². The van der Waals surface area contributed by atoms with Crippen molar-refractivity contribution in [2.24, 2.45) is 0 Å². The summed E-state index contributed by atoms with van der Waals surface area (Å²) >= 11 is 0. The first kappa shape index (κ1) is 13.3. The molecule has 3 nitrogen and oxygen atoms in total. The molecule has 14 heavy (non-hydrogen) atoms. The largest absolute Gasteiger partial charge is 0.388 e. The summed E-state index contributed by atoms with van der Waals surface area (Å²) in [6.07, 6.45) is 9.43. The number of H-pyrrole nitrogens is 1. The highest BCUT2D eigenvalue weighted by molar-refractivity contribution is 5.85. The van der Waals surface area contributed by atoms with Crippen molar-refractivity contribution in [3.05, 3.63) is 23.9 Å². The molecule has 2 N–H and O–H groups in total. The van der Waals surface area contributed by atoms with Crippen LogP contribution in [0.2, 0.25) is 0 Å². The molecule has 2 rings (SSSR count). The maximum absolute atomic E-state index is 4.14. The fraction of sp³-hybridized carbons (Fsp3) is 0.444. The molecule has 1 fully saturated rings. The Morgan fingerprint density at radius 3 is 2.71 bits per heavy atom. The van der Waals surface area contributed by atoms with Gasteiger partial charge in [0.1, 0.15) is 5.82 Å². The molecule has 1 aromatic heterocycles. The number of aromatic nitrogens is 2. The number of piperidine rings is 1. The van der Waals surface area contributed by atoms with E-state index in [9.17, 15) is 0 Å². The zero-order valence-electron chi connectivity index (χ0n) is 7.82. The van der Waals surface area contributed by atoms with E-state index in [1.54, 1.807) is 6.20 Å². The summed E-state index contributed by atoms with van der Waals surface area (Å²) in [6, 6.07) is 0. The number of aromatic amines is 1. The molecule has 0 atom stereocenters. The molecule has 0 unspecified atom stereocenters. The van der Waals surface area contributed by atoms with Crippen LogP contribution in [0.5, 0.6) is 0 Å². The van der Waals surface area contributed by atoms with Crippen LogP contribution in [0.25, 0.3) is 6.08 Å². The van der Waals surface area contributed by atoms with Crippen LogP contribution in [0.4, 0.5) is 0 Å². The van der Waals surface area contributed by atoms with E-state index < -0.39 is 0 Å². The molecule has 2 heterocycles. The molecule has 1 saturated heterocycles. The van der Waals surface area contributed by atoms with E-state index in [-0.39, 0.29) is 24.8 Å². The molecule has 5 heteroatoms. The van der Waals surface area contributed by atoms with Crippen LogP contribution in [-0.2, 0) is 0 Å². The molecule has 0 bridgehead atoms. The van der Waals surface area contributed by atoms with Gasteiger partial charge < -0.3 is 10.3 Å². The lowest BCUT2D eigenvalue weighted by molar-refractivity contribution is 0.592. The Morgan fingerprint density at radius 2 is 2.14 bits per heavy atom. The predicted molar refractivity (Wildman–Crippen MR) is 62.9 cm³/mol. The number of nitrogens with zero attached hydrogens (tertiary/aromatic N) is 1. The summed E-state index contributed by atoms with van der Waals surface area (Å²) in [7, 11) is 0. The molecule has 1 aromatic rings. The second-order valence-corrected chi connectivity index (χ2v) is 3.03. The normalized spacial score (nSPS) is 17.9. The minimum absolute atomic E-state index is 0. The molecule has 0 radical (unpaired) electrons. The molecule has 0 aliphatic carbocycles. The van der Waals surface area contributed by atoms with Gasteiger partial charge in [-0.05, 0) is 25.3 Å². The third-order valence-corrected chi connectivity index (χ3v) is 2.06. The van der Waals surface area contributed by atoms with Gasteiger partial charge in [-0.25, -0.2) is 4.98 Å². The monoisotopic (exact) mass is 235 g/mol. The van der Waals surface area contributed by atoms with E-state index in [1.165, 1.54) is 18.5 Å². The molecule has 0 amide bonds. The zero-order chi connectivity index (χ0) is 8.23. The zero-order valence-corrected chi connectivity index (χ0v) is 9.46. The highest BCUT2D eigenvalue weighted by Crippen LogP contribution is 2.11. The lowest BCUT2D eigenvalue weighted by atomic mass is 10.1. The van der Waals surface area contributed by atoms with Crippen LogP contribution in [-0.4, -0.2) is 16.5 Å². The first-order chi connectivity index (χ1) is 5.95. The molecule has 80 valence electrons. The summed E-state index contributed by atoms with van der Waals surface area (Å²) in [5, 5.41) is 3.36. The van der Waals surface area contributed by atoms with Crippen LogP contribution >= 0.6 is 24.8 Å². The van der Waals surface area contributed by atoms with Crippen LogP contribution in [0.15, 0.2) is 18.1 Å². The quantitative estimate of drug-likeness (QED) is 0.785. The Labute approximate surface area is 96.2 Å². The van der Waals surface area contributed by atoms with Gasteiger partial charge in [0.2, 0.25) is 0 Å². The number of hydrogen-bond acceptors (Lipinski definition) is 2. The number of nitrogens with one attached hydrogen (secondary N) is 2. The lowest BCUT2D eigenvalue weighted by Crippen LogP contribution is -2.19. The molecule has 0 aromatic carbocycles. The second-order valence-electron chi connectivity index (χ2n) is 3.03. The van der Waals surface area contributed by atoms with E-state index in [2.05, 4.69) is 21.4 Å². The lowest BCUT2D eigenvalue weighted by Gasteiger charge is -2.15. The maximum atomic E-state index is 4.14. The smallest absolute Gasteiger partial charge is 0.131 e. The molecule has 1 aliphatic rings. The van der Waals surface area contributed by atoms with Crippen LogP contribution in [0, 0.1) is 0 Å². The van der Waals surface area contributed by atoms with Gasteiger partial charge in [0.15, 0.2) is 0 Å². The average Bonchev–Trinajstić information content (AvgIpc) is 2.59. The highest BCUT2D eigenvalue weighted by atomic mass is 35.5. The van der Waals surface area contributed by atoms with Gasteiger partial charge in [0.25, 0.3) is 0 Å². The van der Waals surface area contributed by atoms with Crippen molar-refractivity contribution in [2.75, 3.05) is 6.54 Å². The van der Waals surface area contributed by atoms with Gasteiger partial charge in [0, 0.05) is 24.6 Å². The number of halogens is 2. The molecule has 1 aliphatic heterocycles. The minimum Gasteiger partial charge on any atom is -0.388 e.